The van der Waals surface area contributed by atoms with E-state index in [1.165, 1.54) is 0 Å². The molecule has 0 bridgehead atoms. The Morgan fingerprint density at radius 1 is 1.61 bits per heavy atom. The summed E-state index contributed by atoms with van der Waals surface area (Å²) >= 11 is 0. The van der Waals surface area contributed by atoms with Crippen LogP contribution in [0.1, 0.15) is 6.92 Å². The molecule has 0 radical (unpaired) electrons. The van der Waals surface area contributed by atoms with E-state index in [-0.39, 0.29) is 0 Å². The quantitative estimate of drug-likeness (QED) is 0.842. The van der Waals surface area contributed by atoms with E-state index < -0.39 is 0 Å². The summed E-state index contributed by atoms with van der Waals surface area (Å²) in [7, 11) is 1.64. The Labute approximate surface area is 108 Å². The van der Waals surface area contributed by atoms with Crippen molar-refractivity contribution in [2.75, 3.05) is 44.9 Å². The van der Waals surface area contributed by atoms with Crippen LogP contribution in [0.4, 0.5) is 5.69 Å². The van der Waals surface area contributed by atoms with E-state index in [1.807, 2.05) is 12.1 Å². The second-order valence-corrected chi connectivity index (χ2v) is 4.29. The van der Waals surface area contributed by atoms with Gasteiger partial charge in [0.15, 0.2) is 0 Å². The highest BCUT2D eigenvalue weighted by atomic mass is 16.5. The van der Waals surface area contributed by atoms with Crippen LogP contribution in [0.5, 0.6) is 5.88 Å². The van der Waals surface area contributed by atoms with Gasteiger partial charge in [-0.2, -0.15) is 0 Å². The first-order valence-electron chi connectivity index (χ1n) is 6.40. The number of pyridine rings is 1. The zero-order valence-corrected chi connectivity index (χ0v) is 11.1. The highest BCUT2D eigenvalue weighted by Gasteiger charge is 2.23. The van der Waals surface area contributed by atoms with Crippen molar-refractivity contribution in [1.29, 1.82) is 0 Å². The Balaban J connectivity index is 2.11. The second kappa shape index (κ2) is 6.56. The average Bonchev–Trinajstić information content (AvgIpc) is 2.45. The Bertz CT molecular complexity index is 373. The van der Waals surface area contributed by atoms with Crippen LogP contribution in [0.2, 0.25) is 0 Å². The number of nitrogens with one attached hydrogen (secondary N) is 1. The summed E-state index contributed by atoms with van der Waals surface area (Å²) in [6.07, 6.45) is 1.79. The van der Waals surface area contributed by atoms with Crippen LogP contribution in [0.15, 0.2) is 18.3 Å². The van der Waals surface area contributed by atoms with Gasteiger partial charge in [-0.1, -0.05) is 6.92 Å². The molecular weight excluding hydrogens is 230 g/mol. The highest BCUT2D eigenvalue weighted by Crippen LogP contribution is 2.22. The van der Waals surface area contributed by atoms with Gasteiger partial charge in [0.2, 0.25) is 5.88 Å². The van der Waals surface area contributed by atoms with Crippen LogP contribution in [0, 0.1) is 0 Å². The fourth-order valence-electron chi connectivity index (χ4n) is 2.16. The van der Waals surface area contributed by atoms with Crippen LogP contribution in [0.3, 0.4) is 0 Å². The summed E-state index contributed by atoms with van der Waals surface area (Å²) in [5.41, 5.74) is 1.15. The van der Waals surface area contributed by atoms with Crippen molar-refractivity contribution in [2.24, 2.45) is 0 Å². The second-order valence-electron chi connectivity index (χ2n) is 4.29. The fraction of sp³-hybridized carbons (Fsp3) is 0.615. The molecule has 1 aliphatic rings. The molecule has 1 fully saturated rings. The summed E-state index contributed by atoms with van der Waals surface area (Å²) in [6.45, 7) is 6.46. The number of aromatic nitrogens is 1. The van der Waals surface area contributed by atoms with Crippen LogP contribution < -0.4 is 15.0 Å². The van der Waals surface area contributed by atoms with E-state index in [1.54, 1.807) is 13.3 Å². The molecule has 5 nitrogen and oxygen atoms in total. The number of methoxy groups -OCH3 is 1. The molecule has 1 saturated heterocycles. The third-order valence-electron chi connectivity index (χ3n) is 3.12. The van der Waals surface area contributed by atoms with Gasteiger partial charge in [-0.15, -0.1) is 0 Å². The predicted octanol–water partition coefficient (Wildman–Crippen LogP) is 0.905. The molecule has 2 heterocycles. The number of morpholine rings is 1. The monoisotopic (exact) mass is 251 g/mol. The molecule has 100 valence electrons. The van der Waals surface area contributed by atoms with E-state index >= 15 is 0 Å². The molecule has 0 aromatic carbocycles. The third-order valence-corrected chi connectivity index (χ3v) is 3.12. The van der Waals surface area contributed by atoms with Gasteiger partial charge >= 0.3 is 0 Å². The minimum Gasteiger partial charge on any atom is -0.481 e. The van der Waals surface area contributed by atoms with E-state index in [4.69, 9.17) is 9.47 Å². The number of ether oxygens (including phenoxy) is 2. The molecule has 1 aromatic heterocycles. The molecule has 1 aliphatic heterocycles. The third kappa shape index (κ3) is 3.11. The molecule has 2 rings (SSSR count). The van der Waals surface area contributed by atoms with E-state index in [0.29, 0.717) is 11.9 Å². The molecule has 0 saturated carbocycles. The van der Waals surface area contributed by atoms with Crippen LogP contribution in [-0.2, 0) is 4.74 Å². The van der Waals surface area contributed by atoms with Crippen LogP contribution >= 0.6 is 0 Å². The van der Waals surface area contributed by atoms with Gasteiger partial charge < -0.3 is 19.7 Å². The molecule has 0 spiro atoms. The van der Waals surface area contributed by atoms with Crippen molar-refractivity contribution in [3.8, 4) is 5.88 Å². The maximum absolute atomic E-state index is 5.56. The highest BCUT2D eigenvalue weighted by molar-refractivity contribution is 5.49. The van der Waals surface area contributed by atoms with Gasteiger partial charge in [-0.05, 0) is 12.6 Å². The molecule has 1 N–H and O–H groups in total. The fourth-order valence-corrected chi connectivity index (χ4v) is 2.16. The topological polar surface area (TPSA) is 46.6 Å². The lowest BCUT2D eigenvalue weighted by atomic mass is 10.2. The zero-order chi connectivity index (χ0) is 12.8. The lowest BCUT2D eigenvalue weighted by molar-refractivity contribution is 0.0939. The predicted molar refractivity (Wildman–Crippen MR) is 71.3 cm³/mol. The van der Waals surface area contributed by atoms with Crippen molar-refractivity contribution in [3.05, 3.63) is 18.3 Å². The molecule has 5 heteroatoms. The summed E-state index contributed by atoms with van der Waals surface area (Å²) < 4.78 is 10.7. The normalized spacial score (nSPS) is 19.9. The number of anilines is 1. The Kier molecular flexibility index (Phi) is 4.78. The van der Waals surface area contributed by atoms with E-state index in [9.17, 15) is 0 Å². The lowest BCUT2D eigenvalue weighted by Crippen LogP contribution is -2.50. The average molecular weight is 251 g/mol. The van der Waals surface area contributed by atoms with Gasteiger partial charge in [0.25, 0.3) is 0 Å². The van der Waals surface area contributed by atoms with Crippen molar-refractivity contribution in [2.45, 2.75) is 13.0 Å². The number of rotatable bonds is 5. The van der Waals surface area contributed by atoms with Crippen molar-refractivity contribution >= 4 is 5.69 Å². The zero-order valence-electron chi connectivity index (χ0n) is 11.1. The lowest BCUT2D eigenvalue weighted by Gasteiger charge is -2.37. The SMILES string of the molecule is CCNCC1COCCN1c1ccnc(OC)c1. The van der Waals surface area contributed by atoms with Gasteiger partial charge in [0.1, 0.15) is 0 Å². The van der Waals surface area contributed by atoms with E-state index in [0.717, 1.165) is 38.5 Å². The van der Waals surface area contributed by atoms with Gasteiger partial charge in [-0.25, -0.2) is 4.98 Å². The number of hydrogen-bond donors (Lipinski definition) is 1. The van der Waals surface area contributed by atoms with Crippen LogP contribution in [-0.4, -0.2) is 51.0 Å². The maximum atomic E-state index is 5.56. The van der Waals surface area contributed by atoms with E-state index in [2.05, 4.69) is 22.1 Å². The summed E-state index contributed by atoms with van der Waals surface area (Å²) in [5.74, 6) is 0.654. The van der Waals surface area contributed by atoms with Crippen LogP contribution in [0.25, 0.3) is 0 Å². The summed E-state index contributed by atoms with van der Waals surface area (Å²) in [6, 6.07) is 4.36. The first-order valence-corrected chi connectivity index (χ1v) is 6.40. The smallest absolute Gasteiger partial charge is 0.214 e. The van der Waals surface area contributed by atoms with Crippen molar-refractivity contribution in [1.82, 2.24) is 10.3 Å². The molecule has 0 amide bonds. The Morgan fingerprint density at radius 3 is 3.28 bits per heavy atom. The first-order chi connectivity index (χ1) is 8.85. The molecule has 1 aromatic rings. The van der Waals surface area contributed by atoms with Crippen molar-refractivity contribution in [3.63, 3.8) is 0 Å². The minimum absolute atomic E-state index is 0.366. The summed E-state index contributed by atoms with van der Waals surface area (Å²) in [4.78, 5) is 6.50. The molecule has 0 aliphatic carbocycles. The summed E-state index contributed by atoms with van der Waals surface area (Å²) in [5, 5.41) is 3.38. The number of nitrogens with zero attached hydrogens (tertiary/aromatic N) is 2. The largest absolute Gasteiger partial charge is 0.481 e. The molecular formula is C13H21N3O2. The minimum atomic E-state index is 0.366. The maximum Gasteiger partial charge on any atom is 0.214 e. The number of likely N-dealkylation sites (N-methyl/N-ethyl adjacent to an activating group) is 1. The standard InChI is InChI=1S/C13H21N3O2/c1-3-14-9-12-10-18-7-6-16(12)11-4-5-15-13(8-11)17-2/h4-5,8,12,14H,3,6-7,9-10H2,1-2H3. The van der Waals surface area contributed by atoms with Gasteiger partial charge in [-0.3, -0.25) is 0 Å². The van der Waals surface area contributed by atoms with Gasteiger partial charge in [0.05, 0.1) is 26.4 Å². The first kappa shape index (κ1) is 13.1. The molecule has 1 unspecified atom stereocenters. The Morgan fingerprint density at radius 2 is 2.50 bits per heavy atom. The number of hydrogen-bond acceptors (Lipinski definition) is 5. The Hall–Kier alpha value is -1.33. The molecule has 1 atom stereocenters. The van der Waals surface area contributed by atoms with Crippen molar-refractivity contribution < 1.29 is 9.47 Å². The van der Waals surface area contributed by atoms with Gasteiger partial charge in [0, 0.05) is 31.0 Å². The molecule has 18 heavy (non-hydrogen) atoms.